The average molecular weight is 476 g/mol. The van der Waals surface area contributed by atoms with Crippen molar-refractivity contribution in [1.29, 1.82) is 0 Å². The smallest absolute Gasteiger partial charge is 0.176 e. The Kier molecular flexibility index (Phi) is 5.23. The maximum absolute atomic E-state index is 6.53. The van der Waals surface area contributed by atoms with Gasteiger partial charge in [0, 0.05) is 31.0 Å². The van der Waals surface area contributed by atoms with E-state index in [0.717, 1.165) is 30.2 Å². The minimum Gasteiger partial charge on any atom is -0.456 e. The molecule has 1 aromatic carbocycles. The summed E-state index contributed by atoms with van der Waals surface area (Å²) in [7, 11) is 0. The van der Waals surface area contributed by atoms with Gasteiger partial charge in [-0.1, -0.05) is 18.5 Å². The van der Waals surface area contributed by atoms with E-state index in [2.05, 4.69) is 47.5 Å². The summed E-state index contributed by atoms with van der Waals surface area (Å²) in [5, 5.41) is 11.4. The number of fused-ring (bicyclic) bond motifs is 2. The van der Waals surface area contributed by atoms with Crippen LogP contribution in [0.3, 0.4) is 0 Å². The first-order valence-corrected chi connectivity index (χ1v) is 11.4. The molecule has 2 unspecified atom stereocenters. The van der Waals surface area contributed by atoms with E-state index in [1.165, 1.54) is 19.1 Å². The largest absolute Gasteiger partial charge is 0.456 e. The number of benzene rings is 1. The van der Waals surface area contributed by atoms with Crippen LogP contribution in [0.4, 0.5) is 17.2 Å². The summed E-state index contributed by atoms with van der Waals surface area (Å²) < 4.78 is 7.62. The quantitative estimate of drug-likeness (QED) is 0.443. The lowest BCUT2D eigenvalue weighted by Crippen LogP contribution is -2.40. The molecule has 34 heavy (non-hydrogen) atoms. The molecular formula is C23H22ClN9O. The van der Waals surface area contributed by atoms with Crippen LogP contribution in [0.1, 0.15) is 19.0 Å². The zero-order valence-electron chi connectivity index (χ0n) is 18.4. The fourth-order valence-electron chi connectivity index (χ4n) is 4.20. The molecule has 1 fully saturated rings. The van der Waals surface area contributed by atoms with E-state index in [1.807, 2.05) is 24.4 Å². The van der Waals surface area contributed by atoms with E-state index < -0.39 is 0 Å². The van der Waals surface area contributed by atoms with Gasteiger partial charge in [0.15, 0.2) is 17.8 Å². The number of nitrogens with zero attached hydrogens (tertiary/aromatic N) is 7. The van der Waals surface area contributed by atoms with Crippen LogP contribution in [0.5, 0.6) is 11.5 Å². The summed E-state index contributed by atoms with van der Waals surface area (Å²) in [4.78, 5) is 20.0. The molecule has 3 aromatic heterocycles. The van der Waals surface area contributed by atoms with Crippen molar-refractivity contribution < 1.29 is 4.74 Å². The molecule has 0 radical (unpaired) electrons. The maximum Gasteiger partial charge on any atom is 0.176 e. The maximum atomic E-state index is 6.53. The number of hydrogen-bond donors (Lipinski definition) is 2. The fraction of sp³-hybridized carbons (Fsp3) is 0.261. The number of hydrogen-bond acceptors (Lipinski definition) is 9. The predicted molar refractivity (Wildman–Crippen MR) is 130 cm³/mol. The third-order valence-electron chi connectivity index (χ3n) is 5.96. The summed E-state index contributed by atoms with van der Waals surface area (Å²) >= 11 is 6.53. The lowest BCUT2D eigenvalue weighted by Gasteiger charge is -2.29. The lowest BCUT2D eigenvalue weighted by molar-refractivity contribution is 0.265. The van der Waals surface area contributed by atoms with Crippen molar-refractivity contribution in [3.05, 3.63) is 59.9 Å². The number of aromatic nitrogens is 5. The molecule has 0 aliphatic carbocycles. The highest BCUT2D eigenvalue weighted by Gasteiger charge is 2.28. The summed E-state index contributed by atoms with van der Waals surface area (Å²) in [6, 6.07) is 9.12. The van der Waals surface area contributed by atoms with Crippen LogP contribution in [0.2, 0.25) is 5.02 Å². The molecule has 6 rings (SSSR count). The number of rotatable bonds is 5. The van der Waals surface area contributed by atoms with Gasteiger partial charge in [-0.2, -0.15) is 5.10 Å². The number of aliphatic imine (C=N–C) groups is 1. The van der Waals surface area contributed by atoms with Crippen molar-refractivity contribution in [2.24, 2.45) is 10.9 Å². The molecule has 5 heterocycles. The van der Waals surface area contributed by atoms with E-state index in [-0.39, 0.29) is 6.29 Å². The second-order valence-corrected chi connectivity index (χ2v) is 8.87. The summed E-state index contributed by atoms with van der Waals surface area (Å²) in [6.07, 6.45) is 7.66. The standard InChI is InChI=1S/C23H22ClN9O/c1-14-4-6-32(11-14)23-25-10-18-21(31-23)22(28-12-26-18)30-15-2-3-19(17(24)8-15)34-16-5-7-33-20(9-16)27-13-29-33/h2-3,5,7-10,12-14,23,31H,4,6,11H2,1H3,(H,26,28,30). The van der Waals surface area contributed by atoms with Crippen LogP contribution in [0.25, 0.3) is 5.65 Å². The molecule has 10 nitrogen and oxygen atoms in total. The number of halogens is 1. The second-order valence-electron chi connectivity index (χ2n) is 8.46. The highest BCUT2D eigenvalue weighted by Crippen LogP contribution is 2.35. The van der Waals surface area contributed by atoms with Gasteiger partial charge in [-0.05, 0) is 36.6 Å². The van der Waals surface area contributed by atoms with Crippen LogP contribution in [0, 0.1) is 5.92 Å². The molecule has 2 aliphatic rings. The first-order chi connectivity index (χ1) is 16.6. The zero-order valence-corrected chi connectivity index (χ0v) is 19.1. The minimum absolute atomic E-state index is 0.119. The van der Waals surface area contributed by atoms with Gasteiger partial charge in [0.25, 0.3) is 0 Å². The van der Waals surface area contributed by atoms with E-state index in [4.69, 9.17) is 16.3 Å². The first-order valence-electron chi connectivity index (χ1n) is 11.0. The number of ether oxygens (including phenoxy) is 1. The Morgan fingerprint density at radius 1 is 1.15 bits per heavy atom. The van der Waals surface area contributed by atoms with Crippen LogP contribution >= 0.6 is 11.6 Å². The third-order valence-corrected chi connectivity index (χ3v) is 6.26. The molecule has 2 aliphatic heterocycles. The van der Waals surface area contributed by atoms with Crippen LogP contribution in [0.15, 0.2) is 54.2 Å². The molecule has 2 atom stereocenters. The molecule has 1 saturated heterocycles. The van der Waals surface area contributed by atoms with Crippen LogP contribution in [-0.4, -0.2) is 55.1 Å². The number of pyridine rings is 1. The number of anilines is 3. The van der Waals surface area contributed by atoms with Crippen molar-refractivity contribution >= 4 is 40.7 Å². The van der Waals surface area contributed by atoms with Gasteiger partial charge in [-0.3, -0.25) is 9.89 Å². The normalized spacial score (nSPS) is 19.7. The molecule has 0 amide bonds. The van der Waals surface area contributed by atoms with Gasteiger partial charge >= 0.3 is 0 Å². The Labute approximate surface area is 200 Å². The third kappa shape index (κ3) is 4.02. The zero-order chi connectivity index (χ0) is 23.1. The summed E-state index contributed by atoms with van der Waals surface area (Å²) in [5.41, 5.74) is 3.04. The molecule has 0 saturated carbocycles. The lowest BCUT2D eigenvalue weighted by atomic mass is 10.2. The molecule has 11 heteroatoms. The summed E-state index contributed by atoms with van der Waals surface area (Å²) in [5.74, 6) is 2.49. The molecule has 2 N–H and O–H groups in total. The van der Waals surface area contributed by atoms with Crippen molar-refractivity contribution in [3.8, 4) is 11.5 Å². The van der Waals surface area contributed by atoms with E-state index in [0.29, 0.717) is 33.9 Å². The molecule has 4 aromatic rings. The topological polar surface area (TPSA) is 105 Å². The predicted octanol–water partition coefficient (Wildman–Crippen LogP) is 4.18. The van der Waals surface area contributed by atoms with Gasteiger partial charge in [-0.25, -0.2) is 19.5 Å². The second kappa shape index (κ2) is 8.54. The molecule has 172 valence electrons. The van der Waals surface area contributed by atoms with E-state index >= 15 is 0 Å². The Balaban J connectivity index is 1.20. The van der Waals surface area contributed by atoms with E-state index in [1.54, 1.807) is 22.8 Å². The Bertz CT molecular complexity index is 1390. The Hall–Kier alpha value is -3.76. The van der Waals surface area contributed by atoms with Crippen molar-refractivity contribution in [2.45, 2.75) is 19.6 Å². The van der Waals surface area contributed by atoms with Gasteiger partial charge in [0.1, 0.15) is 35.5 Å². The van der Waals surface area contributed by atoms with Gasteiger partial charge < -0.3 is 15.4 Å². The van der Waals surface area contributed by atoms with Crippen molar-refractivity contribution in [2.75, 3.05) is 23.7 Å². The van der Waals surface area contributed by atoms with Crippen molar-refractivity contribution in [1.82, 2.24) is 29.5 Å². The minimum atomic E-state index is -0.119. The SMILES string of the molecule is CC1CCN(C2N=Cc3ncnc(Nc4ccc(Oc5ccn6ncnc6c5)c(Cl)c4)c3N2)C1. The fourth-order valence-corrected chi connectivity index (χ4v) is 4.42. The van der Waals surface area contributed by atoms with Crippen LogP contribution in [-0.2, 0) is 0 Å². The monoisotopic (exact) mass is 475 g/mol. The van der Waals surface area contributed by atoms with Crippen LogP contribution < -0.4 is 15.4 Å². The van der Waals surface area contributed by atoms with Gasteiger partial charge in [0.05, 0.1) is 11.2 Å². The molecule has 0 spiro atoms. The first kappa shape index (κ1) is 20.8. The Morgan fingerprint density at radius 2 is 2.09 bits per heavy atom. The van der Waals surface area contributed by atoms with Gasteiger partial charge in [0.2, 0.25) is 0 Å². The average Bonchev–Trinajstić information content (AvgIpc) is 3.49. The number of likely N-dealkylation sites (tertiary alicyclic amines) is 1. The highest BCUT2D eigenvalue weighted by molar-refractivity contribution is 6.32. The number of nitrogens with one attached hydrogen (secondary N) is 2. The Morgan fingerprint density at radius 3 is 2.94 bits per heavy atom. The molecular weight excluding hydrogens is 454 g/mol. The summed E-state index contributed by atoms with van der Waals surface area (Å²) in [6.45, 7) is 4.30. The molecule has 0 bridgehead atoms. The van der Waals surface area contributed by atoms with Gasteiger partial charge in [-0.15, -0.1) is 0 Å². The highest BCUT2D eigenvalue weighted by atomic mass is 35.5. The van der Waals surface area contributed by atoms with Crippen molar-refractivity contribution in [3.63, 3.8) is 0 Å². The van der Waals surface area contributed by atoms with E-state index in [9.17, 15) is 0 Å².